The number of nitrogens with one attached hydrogen (secondary N) is 3. The van der Waals surface area contributed by atoms with Crippen LogP contribution in [-0.2, 0) is 9.59 Å². The number of aromatic nitrogens is 4. The molecule has 1 amide bonds. The normalized spacial score (nSPS) is 14.6. The number of hydrogen-bond donors (Lipinski definition) is 5. The van der Waals surface area contributed by atoms with Gasteiger partial charge in [-0.25, -0.2) is 9.97 Å². The van der Waals surface area contributed by atoms with E-state index >= 15 is 0 Å². The number of pyridine rings is 2. The van der Waals surface area contributed by atoms with Crippen molar-refractivity contribution in [2.24, 2.45) is 0 Å². The Morgan fingerprint density at radius 1 is 0.629 bits per heavy atom. The van der Waals surface area contributed by atoms with E-state index < -0.39 is 25.2 Å². The summed E-state index contributed by atoms with van der Waals surface area (Å²) in [6.45, 7) is 5.42. The van der Waals surface area contributed by atoms with Gasteiger partial charge in [0.05, 0.1) is 93.0 Å². The summed E-state index contributed by atoms with van der Waals surface area (Å²) in [5.74, 6) is -2.98. The molecule has 2 aliphatic heterocycles. The number of aliphatic carboxylic acids is 2. The highest BCUT2D eigenvalue weighted by atomic mass is 16.4. The Bertz CT molecular complexity index is 2920. The van der Waals surface area contributed by atoms with Crippen molar-refractivity contribution < 1.29 is 49.4 Å². The fourth-order valence-corrected chi connectivity index (χ4v) is 9.05. The summed E-state index contributed by atoms with van der Waals surface area (Å²) in [5, 5.41) is 39.8. The number of Topliss-reactive ketones (excluding diaryl/α,β-unsaturated/α-hetero) is 1. The molecule has 6 heterocycles. The number of rotatable bonds is 11. The molecule has 0 saturated carbocycles. The fraction of sp³-hybridized carbons (Fsp3) is 0.333. The number of carbonyl (C=O) groups is 4. The van der Waals surface area contributed by atoms with Crippen molar-refractivity contribution in [1.82, 2.24) is 24.1 Å². The van der Waals surface area contributed by atoms with Gasteiger partial charge in [-0.1, -0.05) is 0 Å². The van der Waals surface area contributed by atoms with Gasteiger partial charge in [-0.2, -0.15) is 0 Å². The summed E-state index contributed by atoms with van der Waals surface area (Å²) in [6.07, 6.45) is 6.32. The lowest BCUT2D eigenvalue weighted by Gasteiger charge is -2.12. The molecular formula is C45H45N7O10. The van der Waals surface area contributed by atoms with Crippen LogP contribution in [0.1, 0.15) is 59.2 Å². The third-order valence-corrected chi connectivity index (χ3v) is 12.0. The molecule has 5 N–H and O–H groups in total. The van der Waals surface area contributed by atoms with Crippen molar-refractivity contribution in [1.29, 1.82) is 0 Å². The van der Waals surface area contributed by atoms with E-state index in [4.69, 9.17) is 40.0 Å². The third-order valence-electron chi connectivity index (χ3n) is 12.0. The van der Waals surface area contributed by atoms with Crippen molar-refractivity contribution in [3.8, 4) is 0 Å². The fourth-order valence-electron chi connectivity index (χ4n) is 9.05. The first-order chi connectivity index (χ1) is 30.0. The molecule has 8 aromatic rings. The molecule has 10 rings (SSSR count). The van der Waals surface area contributed by atoms with Crippen molar-refractivity contribution in [3.05, 3.63) is 92.5 Å². The van der Waals surface area contributed by atoms with Crippen LogP contribution in [0.25, 0.3) is 65.7 Å². The number of ketones is 1. The summed E-state index contributed by atoms with van der Waals surface area (Å²) in [5.41, 5.74) is 3.95. The van der Waals surface area contributed by atoms with Crippen molar-refractivity contribution in [2.75, 3.05) is 59.0 Å². The number of amides is 1. The number of benzene rings is 4. The molecule has 0 radical (unpaired) electrons. The van der Waals surface area contributed by atoms with Gasteiger partial charge in [-0.15, -0.1) is 0 Å². The predicted octanol–water partition coefficient (Wildman–Crippen LogP) is -2.15. The molecule has 2 fully saturated rings. The minimum Gasteiger partial charge on any atom is -0.548 e. The lowest BCUT2D eigenvalue weighted by atomic mass is 9.96. The zero-order chi connectivity index (χ0) is 43.7. The molecule has 4 aromatic heterocycles. The minimum absolute atomic E-state index is 0.0748. The SMILES string of the molecule is O=C(CCC[NH+]1CCCC1)c1ccc2nc3c4ccc5c(=O)n6c7cc(C(=O)NCC[NH+]8CCCC8)ccc7nc6c6ccc(c(=O)n3c2c1)c4c56.O=C([O-])CO.O=C([O-])CO. The molecule has 17 nitrogen and oxygen atoms in total. The van der Waals surface area contributed by atoms with Crippen LogP contribution >= 0.6 is 0 Å². The number of imidazole rings is 2. The number of aliphatic hydroxyl groups is 2. The molecule has 17 heteroatoms. The van der Waals surface area contributed by atoms with Gasteiger partial charge in [0, 0.05) is 82.0 Å². The maximum Gasteiger partial charge on any atom is 0.264 e. The summed E-state index contributed by atoms with van der Waals surface area (Å²) in [6, 6.07) is 18.1. The van der Waals surface area contributed by atoms with E-state index in [9.17, 15) is 19.2 Å². The number of likely N-dealkylation sites (tertiary alicyclic amines) is 2. The van der Waals surface area contributed by atoms with E-state index in [1.54, 1.807) is 50.1 Å². The Kier molecular flexibility index (Phi) is 12.0. The van der Waals surface area contributed by atoms with Crippen LogP contribution in [0.2, 0.25) is 0 Å². The number of carboxylic acids is 2. The van der Waals surface area contributed by atoms with Gasteiger partial charge >= 0.3 is 0 Å². The second kappa shape index (κ2) is 17.7. The number of carbonyl (C=O) groups excluding carboxylic acids is 4. The lowest BCUT2D eigenvalue weighted by molar-refractivity contribution is -0.887. The maximum atomic E-state index is 14.3. The Morgan fingerprint density at radius 2 is 1.06 bits per heavy atom. The Labute approximate surface area is 352 Å². The zero-order valence-corrected chi connectivity index (χ0v) is 33.8. The smallest absolute Gasteiger partial charge is 0.264 e. The summed E-state index contributed by atoms with van der Waals surface area (Å²) in [4.78, 5) is 85.9. The van der Waals surface area contributed by atoms with E-state index in [0.717, 1.165) is 43.4 Å². The molecule has 0 bridgehead atoms. The van der Waals surface area contributed by atoms with Gasteiger partial charge in [0.15, 0.2) is 5.78 Å². The Morgan fingerprint density at radius 3 is 1.55 bits per heavy atom. The van der Waals surface area contributed by atoms with E-state index in [2.05, 4.69) is 5.32 Å². The molecule has 0 unspecified atom stereocenters. The molecule has 4 aromatic carbocycles. The summed E-state index contributed by atoms with van der Waals surface area (Å²) in [7, 11) is 0. The van der Waals surface area contributed by atoms with Crippen molar-refractivity contribution in [2.45, 2.75) is 38.5 Å². The Balaban J connectivity index is 0.000000478. The molecule has 0 aliphatic carbocycles. The van der Waals surface area contributed by atoms with E-state index in [1.807, 2.05) is 24.3 Å². The van der Waals surface area contributed by atoms with Gasteiger partial charge in [0.25, 0.3) is 17.0 Å². The molecule has 62 heavy (non-hydrogen) atoms. The average molecular weight is 844 g/mol. The number of carboxylic acid groups (broad SMARTS) is 2. The minimum atomic E-state index is -1.44. The number of fused-ring (bicyclic) bond motifs is 8. The first-order valence-corrected chi connectivity index (χ1v) is 20.8. The first kappa shape index (κ1) is 42.0. The topological polar surface area (TPSA) is 245 Å². The highest BCUT2D eigenvalue weighted by Gasteiger charge is 2.24. The van der Waals surface area contributed by atoms with Gasteiger partial charge in [0.2, 0.25) is 0 Å². The molecule has 0 spiro atoms. The third kappa shape index (κ3) is 7.98. The molecule has 0 atom stereocenters. The van der Waals surface area contributed by atoms with Crippen LogP contribution in [0, 0.1) is 0 Å². The van der Waals surface area contributed by atoms with Crippen LogP contribution in [0.15, 0.2) is 70.3 Å². The van der Waals surface area contributed by atoms with Crippen LogP contribution in [0.3, 0.4) is 0 Å². The van der Waals surface area contributed by atoms with E-state index in [-0.39, 0.29) is 22.8 Å². The quantitative estimate of drug-likeness (QED) is 0.0692. The van der Waals surface area contributed by atoms with Crippen molar-refractivity contribution >= 4 is 89.3 Å². The highest BCUT2D eigenvalue weighted by Crippen LogP contribution is 2.37. The van der Waals surface area contributed by atoms with Crippen LogP contribution in [-0.4, -0.2) is 112 Å². The number of quaternary nitrogens is 2. The summed E-state index contributed by atoms with van der Waals surface area (Å²) >= 11 is 0. The first-order valence-electron chi connectivity index (χ1n) is 20.8. The highest BCUT2D eigenvalue weighted by molar-refractivity contribution is 6.28. The lowest BCUT2D eigenvalue weighted by Crippen LogP contribution is -3.10. The van der Waals surface area contributed by atoms with Gasteiger partial charge in [-0.3, -0.25) is 28.0 Å². The van der Waals surface area contributed by atoms with Gasteiger partial charge in [0.1, 0.15) is 11.3 Å². The molecule has 2 saturated heterocycles. The van der Waals surface area contributed by atoms with Crippen LogP contribution in [0.5, 0.6) is 0 Å². The maximum absolute atomic E-state index is 14.3. The van der Waals surface area contributed by atoms with Gasteiger partial charge in [-0.05, 0) is 60.7 Å². The predicted molar refractivity (Wildman–Crippen MR) is 226 cm³/mol. The summed E-state index contributed by atoms with van der Waals surface area (Å²) < 4.78 is 3.20. The van der Waals surface area contributed by atoms with E-state index in [1.165, 1.54) is 43.7 Å². The molecule has 320 valence electrons. The van der Waals surface area contributed by atoms with E-state index in [0.29, 0.717) is 79.0 Å². The average Bonchev–Trinajstić information content (AvgIpc) is 4.12. The zero-order valence-electron chi connectivity index (χ0n) is 33.8. The number of aliphatic hydroxyl groups excluding tert-OH is 2. The largest absolute Gasteiger partial charge is 0.548 e. The second-order valence-electron chi connectivity index (χ2n) is 15.9. The standard InChI is InChI=1S/C41H37N7O4.2C2H4O3/c49-34(6-5-20-45-16-1-2-17-45)24-7-13-30-32(22-24)47-37(43-30)26-9-12-29-36-27(10-11-28(35(26)36)40(47)51)38-44-31-14-8-25(23-33(31)48(38)41(29)52)39(50)42-15-21-46-18-3-4-19-46;2*3-1-2(4)5/h7-14,22-23H,1-6,15-21H2,(H,42,50);2*3H,1H2,(H,4,5). The number of nitrogens with zero attached hydrogens (tertiary/aromatic N) is 4. The monoisotopic (exact) mass is 843 g/mol. The molecular weight excluding hydrogens is 799 g/mol. The van der Waals surface area contributed by atoms with Crippen LogP contribution < -0.4 is 36.4 Å². The van der Waals surface area contributed by atoms with Crippen LogP contribution in [0.4, 0.5) is 0 Å². The number of hydrogen-bond acceptors (Lipinski definition) is 12. The molecule has 2 aliphatic rings. The van der Waals surface area contributed by atoms with Crippen molar-refractivity contribution in [3.63, 3.8) is 0 Å². The Hall–Kier alpha value is -6.66. The van der Waals surface area contributed by atoms with Gasteiger partial charge < -0.3 is 45.1 Å². The second-order valence-corrected chi connectivity index (χ2v) is 15.9.